The van der Waals surface area contributed by atoms with Crippen LogP contribution in [0, 0.1) is 13.5 Å². The fourth-order valence-corrected chi connectivity index (χ4v) is 5.14. The smallest absolute Gasteiger partial charge is 0.323 e. The summed E-state index contributed by atoms with van der Waals surface area (Å²) in [6.07, 6.45) is 1.83. The van der Waals surface area contributed by atoms with Gasteiger partial charge in [-0.2, -0.15) is 0 Å². The number of rotatable bonds is 12. The molecule has 1 aliphatic rings. The molecular weight excluding hydrogens is 566 g/mol. The van der Waals surface area contributed by atoms with Gasteiger partial charge in [0.15, 0.2) is 10.8 Å². The second kappa shape index (κ2) is 13.9. The van der Waals surface area contributed by atoms with Crippen molar-refractivity contribution >= 4 is 63.8 Å². The first-order valence-electron chi connectivity index (χ1n) is 13.2. The first-order valence-corrected chi connectivity index (χ1v) is 13.9. The van der Waals surface area contributed by atoms with Gasteiger partial charge in [-0.3, -0.25) is 19.3 Å². The Morgan fingerprint density at radius 1 is 1.12 bits per heavy atom. The third kappa shape index (κ3) is 7.40. The Morgan fingerprint density at radius 2 is 1.80 bits per heavy atom. The van der Waals surface area contributed by atoms with E-state index in [0.29, 0.717) is 40.6 Å². The number of aryl methyl sites for hydroxylation is 1. The highest BCUT2D eigenvalue weighted by Crippen LogP contribution is 2.38. The lowest BCUT2D eigenvalue weighted by Gasteiger charge is -2.30. The highest BCUT2D eigenvalue weighted by Gasteiger charge is 2.50. The van der Waals surface area contributed by atoms with Gasteiger partial charge in [-0.25, -0.2) is 4.85 Å². The number of amides is 1. The number of nitrogens with two attached hydrogens (primary N) is 2. The van der Waals surface area contributed by atoms with Gasteiger partial charge in [-0.15, -0.1) is 0 Å². The number of carbonyl (C=O) groups excluding carboxylic acids is 3. The van der Waals surface area contributed by atoms with E-state index in [1.54, 1.807) is 62.1 Å². The summed E-state index contributed by atoms with van der Waals surface area (Å²) in [5.41, 5.74) is 13.1. The molecule has 3 rings (SSSR count). The molecule has 10 nitrogen and oxygen atoms in total. The fraction of sp³-hybridized carbons (Fsp3) is 0.414. The predicted molar refractivity (Wildman–Crippen MR) is 162 cm³/mol. The number of hydrogen-bond acceptors (Lipinski definition) is 8. The zero-order valence-electron chi connectivity index (χ0n) is 23.3. The molecule has 2 aromatic carbocycles. The molecule has 1 atom stereocenters. The Bertz CT molecular complexity index is 1380. The summed E-state index contributed by atoms with van der Waals surface area (Å²) in [6.45, 7) is 12.9. The Labute approximate surface area is 250 Å². The number of benzene rings is 2. The third-order valence-corrected chi connectivity index (χ3v) is 7.45. The zero-order valence-corrected chi connectivity index (χ0v) is 24.9. The number of carbonyl (C=O) groups is 3. The largest absolute Gasteiger partial charge is 0.462 e. The lowest BCUT2D eigenvalue weighted by Crippen LogP contribution is -2.44. The van der Waals surface area contributed by atoms with Crippen molar-refractivity contribution in [2.24, 2.45) is 11.5 Å². The van der Waals surface area contributed by atoms with Crippen molar-refractivity contribution in [3.05, 3.63) is 64.0 Å². The van der Waals surface area contributed by atoms with Crippen molar-refractivity contribution in [2.75, 3.05) is 29.6 Å². The van der Waals surface area contributed by atoms with Crippen LogP contribution in [-0.2, 0) is 30.3 Å². The molecule has 1 saturated heterocycles. The highest BCUT2D eigenvalue weighted by atomic mass is 35.5. The predicted octanol–water partition coefficient (Wildman–Crippen LogP) is 4.20. The molecule has 0 aliphatic carbocycles. The van der Waals surface area contributed by atoms with E-state index in [-0.39, 0.29) is 30.7 Å². The third-order valence-electron chi connectivity index (χ3n) is 6.71. The van der Waals surface area contributed by atoms with E-state index < -0.39 is 23.5 Å². The van der Waals surface area contributed by atoms with Crippen molar-refractivity contribution in [1.29, 1.82) is 0 Å². The van der Waals surface area contributed by atoms with Crippen LogP contribution in [0.2, 0.25) is 5.02 Å². The summed E-state index contributed by atoms with van der Waals surface area (Å²) in [4.78, 5) is 44.6. The van der Waals surface area contributed by atoms with Crippen LogP contribution < -0.4 is 21.3 Å². The van der Waals surface area contributed by atoms with Gasteiger partial charge >= 0.3 is 11.9 Å². The maximum absolute atomic E-state index is 13.5. The summed E-state index contributed by atoms with van der Waals surface area (Å²) < 4.78 is 10.3. The molecule has 12 heteroatoms. The lowest BCUT2D eigenvalue weighted by molar-refractivity contribution is -0.152. The molecule has 1 amide bonds. The van der Waals surface area contributed by atoms with Gasteiger partial charge in [0.25, 0.3) is 5.91 Å². The van der Waals surface area contributed by atoms with Gasteiger partial charge < -0.3 is 25.8 Å². The molecular formula is C29H34ClN5O5S. The molecule has 0 spiro atoms. The summed E-state index contributed by atoms with van der Waals surface area (Å²) in [7, 11) is 0. The standard InChI is InChI=1S/C29H34ClN5O5S/c1-18-15-20(9-11-24(18)33-4)34-27(38)29(2,3)35(28(34)41)21-8-10-22(30)19(16-21)17-25(36)39-13-14-40-26(37)23(32)7-5-6-12-31/h8-11,15-16,23H,5-7,12-14,17,31-32H2,1-3H3/t23-/m0/s1. The SMILES string of the molecule is [C-]#[N+]c1ccc(N2C(=O)C(C)(C)N(c3ccc(Cl)c(CC(=O)OCCOC(=O)[C@@H](N)CCCCN)c3)C2=S)cc1C. The van der Waals surface area contributed by atoms with Crippen LogP contribution in [0.25, 0.3) is 4.85 Å². The van der Waals surface area contributed by atoms with Gasteiger partial charge in [-0.1, -0.05) is 24.1 Å². The number of thiocarbonyl (C=S) groups is 1. The Kier molecular flexibility index (Phi) is 10.8. The molecule has 218 valence electrons. The monoisotopic (exact) mass is 599 g/mol. The molecule has 0 bridgehead atoms. The van der Waals surface area contributed by atoms with Gasteiger partial charge in [0, 0.05) is 16.4 Å². The van der Waals surface area contributed by atoms with Crippen LogP contribution in [0.3, 0.4) is 0 Å². The van der Waals surface area contributed by atoms with E-state index in [2.05, 4.69) is 4.85 Å². The Morgan fingerprint density at radius 3 is 2.46 bits per heavy atom. The van der Waals surface area contributed by atoms with Crippen molar-refractivity contribution in [2.45, 2.75) is 58.0 Å². The minimum atomic E-state index is -1.04. The number of ether oxygens (including phenoxy) is 2. The molecule has 0 saturated carbocycles. The maximum Gasteiger partial charge on any atom is 0.323 e. The molecule has 1 aliphatic heterocycles. The molecule has 1 fully saturated rings. The number of nitrogens with zero attached hydrogens (tertiary/aromatic N) is 3. The molecule has 1 heterocycles. The van der Waals surface area contributed by atoms with Crippen LogP contribution in [0.15, 0.2) is 36.4 Å². The first-order chi connectivity index (χ1) is 19.4. The molecule has 4 N–H and O–H groups in total. The van der Waals surface area contributed by atoms with Gasteiger partial charge in [0.05, 0.1) is 13.0 Å². The van der Waals surface area contributed by atoms with Crippen molar-refractivity contribution in [3.63, 3.8) is 0 Å². The van der Waals surface area contributed by atoms with Crippen molar-refractivity contribution in [3.8, 4) is 0 Å². The van der Waals surface area contributed by atoms with E-state index in [4.69, 9.17) is 51.3 Å². The number of unbranched alkanes of at least 4 members (excludes halogenated alkanes) is 1. The summed E-state index contributed by atoms with van der Waals surface area (Å²) >= 11 is 12.1. The van der Waals surface area contributed by atoms with Gasteiger partial charge in [-0.05, 0) is 93.8 Å². The van der Waals surface area contributed by atoms with E-state index >= 15 is 0 Å². The molecule has 0 aromatic heterocycles. The molecule has 41 heavy (non-hydrogen) atoms. The van der Waals surface area contributed by atoms with Crippen molar-refractivity contribution in [1.82, 2.24) is 0 Å². The van der Waals surface area contributed by atoms with Crippen LogP contribution in [-0.4, -0.2) is 54.3 Å². The Hall–Kier alpha value is -3.56. The molecule has 0 unspecified atom stereocenters. The summed E-state index contributed by atoms with van der Waals surface area (Å²) in [6, 6.07) is 9.42. The average molecular weight is 600 g/mol. The fourth-order valence-electron chi connectivity index (χ4n) is 4.43. The van der Waals surface area contributed by atoms with Gasteiger partial charge in [0.1, 0.15) is 24.8 Å². The van der Waals surface area contributed by atoms with Crippen LogP contribution >= 0.6 is 23.8 Å². The van der Waals surface area contributed by atoms with Crippen LogP contribution in [0.1, 0.15) is 44.2 Å². The summed E-state index contributed by atoms with van der Waals surface area (Å²) in [5, 5.41) is 0.603. The number of hydrogen-bond donors (Lipinski definition) is 2. The second-order valence-electron chi connectivity index (χ2n) is 10.1. The number of esters is 2. The quantitative estimate of drug-likeness (QED) is 0.159. The topological polar surface area (TPSA) is 133 Å². The average Bonchev–Trinajstić information content (AvgIpc) is 3.10. The van der Waals surface area contributed by atoms with E-state index in [9.17, 15) is 14.4 Å². The second-order valence-corrected chi connectivity index (χ2v) is 10.9. The highest BCUT2D eigenvalue weighted by molar-refractivity contribution is 7.81. The summed E-state index contributed by atoms with van der Waals surface area (Å²) in [5.74, 6) is -1.36. The van der Waals surface area contributed by atoms with Crippen LogP contribution in [0.4, 0.5) is 17.1 Å². The van der Waals surface area contributed by atoms with E-state index in [1.807, 2.05) is 0 Å². The van der Waals surface area contributed by atoms with E-state index in [0.717, 1.165) is 18.4 Å². The minimum Gasteiger partial charge on any atom is -0.462 e. The zero-order chi connectivity index (χ0) is 30.3. The molecule has 0 radical (unpaired) electrons. The maximum atomic E-state index is 13.5. The van der Waals surface area contributed by atoms with Crippen molar-refractivity contribution < 1.29 is 23.9 Å². The normalized spacial score (nSPS) is 15.0. The van der Waals surface area contributed by atoms with E-state index in [1.165, 1.54) is 4.90 Å². The first kappa shape index (κ1) is 32.0. The number of halogens is 1. The minimum absolute atomic E-state index is 0.118. The lowest BCUT2D eigenvalue weighted by atomic mass is 10.0. The number of anilines is 2. The Balaban J connectivity index is 1.67. The van der Waals surface area contributed by atoms with Crippen LogP contribution in [0.5, 0.6) is 0 Å². The molecule has 2 aromatic rings. The van der Waals surface area contributed by atoms with Gasteiger partial charge in [0.2, 0.25) is 0 Å².